The summed E-state index contributed by atoms with van der Waals surface area (Å²) in [4.78, 5) is 34.0. The van der Waals surface area contributed by atoms with Gasteiger partial charge in [-0.15, -0.1) is 0 Å². The van der Waals surface area contributed by atoms with Gasteiger partial charge >= 0.3 is 6.18 Å². The van der Waals surface area contributed by atoms with E-state index in [2.05, 4.69) is 36.3 Å². The third kappa shape index (κ3) is 6.00. The lowest BCUT2D eigenvalue weighted by Gasteiger charge is -2.17. The van der Waals surface area contributed by atoms with E-state index < -0.39 is 24.0 Å². The van der Waals surface area contributed by atoms with Gasteiger partial charge in [0.1, 0.15) is 5.69 Å². The van der Waals surface area contributed by atoms with E-state index in [4.69, 9.17) is 11.6 Å². The normalized spacial score (nSPS) is 22.2. The molecule has 1 saturated carbocycles. The fourth-order valence-electron chi connectivity index (χ4n) is 5.54. The Morgan fingerprint density at radius 3 is 2.60 bits per heavy atom. The molecule has 1 aromatic carbocycles. The van der Waals surface area contributed by atoms with Crippen LogP contribution < -0.4 is 21.3 Å². The van der Waals surface area contributed by atoms with Crippen molar-refractivity contribution < 1.29 is 27.9 Å². The highest BCUT2D eigenvalue weighted by molar-refractivity contribution is 6.34. The quantitative estimate of drug-likeness (QED) is 0.184. The first kappa shape index (κ1) is 28.9. The molecule has 0 bridgehead atoms. The monoisotopic (exact) mass is 617 g/mol. The molecule has 43 heavy (non-hydrogen) atoms. The minimum absolute atomic E-state index is 0.0775. The first-order valence-corrected chi connectivity index (χ1v) is 14.0. The molecule has 2 unspecified atom stereocenters. The summed E-state index contributed by atoms with van der Waals surface area (Å²) in [6, 6.07) is 4.11. The molecule has 1 saturated heterocycles. The van der Waals surface area contributed by atoms with E-state index in [1.165, 1.54) is 23.0 Å². The largest absolute Gasteiger partial charge is 0.433 e. The number of β-amino-alcohol motifs (C(OH)–C–C–N with tert-alkyl or cyclic N) is 1. The van der Waals surface area contributed by atoms with Gasteiger partial charge in [0.25, 0.3) is 5.91 Å². The maximum absolute atomic E-state index is 13.4. The van der Waals surface area contributed by atoms with Crippen molar-refractivity contribution in [3.63, 3.8) is 0 Å². The van der Waals surface area contributed by atoms with E-state index in [0.29, 0.717) is 37.9 Å². The number of carbonyl (C=O) groups excluding carboxylic acids is 2. The van der Waals surface area contributed by atoms with Gasteiger partial charge in [0.05, 0.1) is 46.4 Å². The molecular formula is C27H27ClF3N9O3. The summed E-state index contributed by atoms with van der Waals surface area (Å²) >= 11 is 6.46. The van der Waals surface area contributed by atoms with Gasteiger partial charge in [-0.25, -0.2) is 9.97 Å². The zero-order chi connectivity index (χ0) is 30.3. The van der Waals surface area contributed by atoms with E-state index in [1.54, 1.807) is 18.2 Å². The molecule has 2 amide bonds. The van der Waals surface area contributed by atoms with Crippen LogP contribution >= 0.6 is 11.6 Å². The number of aromatic nitrogens is 5. The molecule has 16 heteroatoms. The van der Waals surface area contributed by atoms with Crippen molar-refractivity contribution in [3.05, 3.63) is 59.3 Å². The Hall–Kier alpha value is -4.21. The second kappa shape index (κ2) is 11.5. The zero-order valence-electron chi connectivity index (χ0n) is 22.5. The van der Waals surface area contributed by atoms with Crippen LogP contribution in [0.15, 0.2) is 43.0 Å². The van der Waals surface area contributed by atoms with Crippen molar-refractivity contribution in [3.8, 4) is 11.3 Å². The van der Waals surface area contributed by atoms with Crippen LogP contribution in [0.1, 0.15) is 41.7 Å². The van der Waals surface area contributed by atoms with Crippen molar-refractivity contribution in [1.29, 1.82) is 0 Å². The highest BCUT2D eigenvalue weighted by atomic mass is 35.5. The standard InChI is InChI=1S/C27H27ClF3N9O3/c28-19-8-15(36-23-24-34-12-21(40(24)6-5-32-23)18-11-35-39-22(18)27(29,30)31)3-4-17(19)25(42)37-13-1-2-14(7-13)38-26(43)20-9-16(41)10-33-20/h3-6,8,11-14,16,20,33,41H,1-2,7,9-10H2,(H,32,36)(H,35,39)(H,37,42)(H,38,43)/t13?,14?,16-,20+/m0/s1. The zero-order valence-corrected chi connectivity index (χ0v) is 23.2. The summed E-state index contributed by atoms with van der Waals surface area (Å²) in [7, 11) is 0. The van der Waals surface area contributed by atoms with E-state index in [9.17, 15) is 27.9 Å². The van der Waals surface area contributed by atoms with E-state index in [1.807, 2.05) is 5.10 Å². The van der Waals surface area contributed by atoms with Crippen LogP contribution in [0.4, 0.5) is 24.7 Å². The lowest BCUT2D eigenvalue weighted by Crippen LogP contribution is -2.45. The number of amides is 2. The van der Waals surface area contributed by atoms with Gasteiger partial charge in [-0.05, 0) is 43.9 Å². The summed E-state index contributed by atoms with van der Waals surface area (Å²) in [5.74, 6) is -0.239. The number of aromatic amines is 1. The minimum atomic E-state index is -4.62. The highest BCUT2D eigenvalue weighted by Gasteiger charge is 2.37. The van der Waals surface area contributed by atoms with Gasteiger partial charge in [-0.2, -0.15) is 18.3 Å². The highest BCUT2D eigenvalue weighted by Crippen LogP contribution is 2.36. The molecular weight excluding hydrogens is 591 g/mol. The molecule has 6 N–H and O–H groups in total. The molecule has 4 aromatic rings. The Morgan fingerprint density at radius 2 is 1.88 bits per heavy atom. The van der Waals surface area contributed by atoms with Crippen LogP contribution in [0.3, 0.4) is 0 Å². The number of nitrogens with zero attached hydrogens (tertiary/aromatic N) is 4. The van der Waals surface area contributed by atoms with Crippen LogP contribution in [0.2, 0.25) is 5.02 Å². The molecule has 1 aliphatic carbocycles. The van der Waals surface area contributed by atoms with Gasteiger partial charge in [0.2, 0.25) is 5.91 Å². The van der Waals surface area contributed by atoms with Crippen LogP contribution in [-0.4, -0.2) is 72.3 Å². The van der Waals surface area contributed by atoms with Crippen molar-refractivity contribution in [2.24, 2.45) is 0 Å². The predicted octanol–water partition coefficient (Wildman–Crippen LogP) is 3.03. The minimum Gasteiger partial charge on any atom is -0.392 e. The summed E-state index contributed by atoms with van der Waals surface area (Å²) in [5.41, 5.74) is 0.0540. The Bertz CT molecular complexity index is 1670. The maximum Gasteiger partial charge on any atom is 0.433 e. The molecule has 6 rings (SSSR count). The summed E-state index contributed by atoms with van der Waals surface area (Å²) < 4.78 is 41.7. The number of hydrogen-bond acceptors (Lipinski definition) is 8. The number of anilines is 2. The Balaban J connectivity index is 1.10. The van der Waals surface area contributed by atoms with Gasteiger partial charge in [0.15, 0.2) is 11.5 Å². The fourth-order valence-corrected chi connectivity index (χ4v) is 5.81. The Kier molecular flexibility index (Phi) is 7.70. The number of halogens is 4. The predicted molar refractivity (Wildman–Crippen MR) is 150 cm³/mol. The van der Waals surface area contributed by atoms with Gasteiger partial charge in [-0.3, -0.25) is 19.1 Å². The maximum atomic E-state index is 13.4. The van der Waals surface area contributed by atoms with Crippen molar-refractivity contribution in [2.75, 3.05) is 11.9 Å². The van der Waals surface area contributed by atoms with Gasteiger partial charge in [-0.1, -0.05) is 11.6 Å². The van der Waals surface area contributed by atoms with Crippen molar-refractivity contribution in [1.82, 2.24) is 40.5 Å². The molecule has 4 atom stereocenters. The number of nitrogens with one attached hydrogen (secondary N) is 5. The summed E-state index contributed by atoms with van der Waals surface area (Å²) in [6.07, 6.45) is 2.52. The number of aliphatic hydroxyl groups excluding tert-OH is 1. The molecule has 0 radical (unpaired) electrons. The number of rotatable bonds is 7. The van der Waals surface area contributed by atoms with Crippen LogP contribution in [0.5, 0.6) is 0 Å². The first-order valence-electron chi connectivity index (χ1n) is 13.6. The van der Waals surface area contributed by atoms with Gasteiger partial charge in [0, 0.05) is 36.7 Å². The second-order valence-corrected chi connectivity index (χ2v) is 11.0. The third-order valence-corrected chi connectivity index (χ3v) is 7.95. The van der Waals surface area contributed by atoms with Crippen LogP contribution in [-0.2, 0) is 11.0 Å². The average Bonchev–Trinajstić information content (AvgIpc) is 3.75. The molecule has 226 valence electrons. The summed E-state index contributed by atoms with van der Waals surface area (Å²) in [5, 5.41) is 27.4. The SMILES string of the molecule is O=C(NC1CCC(NC(=O)[C@H]2C[C@H](O)CN2)C1)c1ccc(Nc2nccn3c(-c4cn[nH]c4C(F)(F)F)cnc23)cc1Cl. The van der Waals surface area contributed by atoms with Crippen molar-refractivity contribution in [2.45, 2.75) is 56.1 Å². The molecule has 0 spiro atoms. The van der Waals surface area contributed by atoms with Crippen molar-refractivity contribution >= 4 is 40.6 Å². The number of fused-ring (bicyclic) bond motifs is 1. The smallest absolute Gasteiger partial charge is 0.392 e. The molecule has 2 fully saturated rings. The van der Waals surface area contributed by atoms with E-state index >= 15 is 0 Å². The van der Waals surface area contributed by atoms with E-state index in [0.717, 1.165) is 6.20 Å². The van der Waals surface area contributed by atoms with Crippen LogP contribution in [0.25, 0.3) is 16.9 Å². The first-order chi connectivity index (χ1) is 20.6. The number of alkyl halides is 3. The molecule has 12 nitrogen and oxygen atoms in total. The number of imidazole rings is 1. The number of carbonyl (C=O) groups is 2. The molecule has 4 heterocycles. The topological polar surface area (TPSA) is 161 Å². The third-order valence-electron chi connectivity index (χ3n) is 7.64. The second-order valence-electron chi connectivity index (χ2n) is 10.6. The molecule has 3 aromatic heterocycles. The lowest BCUT2D eigenvalue weighted by molar-refractivity contribution is -0.140. The Morgan fingerprint density at radius 1 is 1.09 bits per heavy atom. The number of hydrogen-bond donors (Lipinski definition) is 6. The summed E-state index contributed by atoms with van der Waals surface area (Å²) in [6.45, 7) is 0.394. The lowest BCUT2D eigenvalue weighted by atomic mass is 10.1. The average molecular weight is 618 g/mol. The molecule has 2 aliphatic rings. The van der Waals surface area contributed by atoms with Crippen LogP contribution in [0, 0.1) is 0 Å². The molecule has 1 aliphatic heterocycles. The van der Waals surface area contributed by atoms with Gasteiger partial charge < -0.3 is 26.4 Å². The van der Waals surface area contributed by atoms with E-state index in [-0.39, 0.29) is 57.2 Å². The number of H-pyrrole nitrogens is 1. The number of benzene rings is 1. The fraction of sp³-hybridized carbons (Fsp3) is 0.370. The number of aliphatic hydroxyl groups is 1. The Labute approximate surface area is 247 Å².